The number of H-pyrrole nitrogens is 2. The van der Waals surface area contributed by atoms with Crippen LogP contribution in [0.3, 0.4) is 0 Å². The fourth-order valence-corrected chi connectivity index (χ4v) is 3.30. The number of rotatable bonds is 5. The second kappa shape index (κ2) is 7.89. The number of halogens is 1. The summed E-state index contributed by atoms with van der Waals surface area (Å²) in [5, 5.41) is 20.1. The molecule has 1 amide bonds. The topological polar surface area (TPSA) is 153 Å². The predicted octanol–water partition coefficient (Wildman–Crippen LogP) is 0.304. The lowest BCUT2D eigenvalue weighted by atomic mass is 10.2. The Morgan fingerprint density at radius 2 is 2.15 bits per heavy atom. The van der Waals surface area contributed by atoms with Gasteiger partial charge in [-0.2, -0.15) is 9.61 Å². The van der Waals surface area contributed by atoms with Crippen molar-refractivity contribution in [2.75, 3.05) is 12.4 Å². The molecule has 0 unspecified atom stereocenters. The van der Waals surface area contributed by atoms with Crippen molar-refractivity contribution in [1.82, 2.24) is 29.9 Å². The van der Waals surface area contributed by atoms with E-state index in [-0.39, 0.29) is 28.9 Å². The van der Waals surface area contributed by atoms with Gasteiger partial charge in [0, 0.05) is 23.9 Å². The first-order valence-electron chi connectivity index (χ1n) is 10.2. The van der Waals surface area contributed by atoms with Crippen LogP contribution >= 0.6 is 0 Å². The van der Waals surface area contributed by atoms with Gasteiger partial charge in [0.15, 0.2) is 11.1 Å². The van der Waals surface area contributed by atoms with Gasteiger partial charge < -0.3 is 20.7 Å². The third-order valence-electron chi connectivity index (χ3n) is 5.10. The predicted molar refractivity (Wildman–Crippen MR) is 117 cm³/mol. The maximum absolute atomic E-state index is 14.6. The SMILES string of the molecule is CNC(=O)c1ccc(Nc2cc(=NC3CC3)n3nc/c(=C\c4[nH]c(=O)[nH]c4O)c3n2)c(F)c1. The molecule has 4 aromatic rings. The number of carbonyl (C=O) groups excluding carboxylic acids is 1. The monoisotopic (exact) mass is 450 g/mol. The molecule has 0 saturated heterocycles. The van der Waals surface area contributed by atoms with Gasteiger partial charge in [-0.05, 0) is 37.1 Å². The van der Waals surface area contributed by atoms with E-state index in [4.69, 9.17) is 0 Å². The Morgan fingerprint density at radius 3 is 2.82 bits per heavy atom. The normalized spacial score (nSPS) is 14.7. The summed E-state index contributed by atoms with van der Waals surface area (Å²) in [6.45, 7) is 0. The number of amides is 1. The second-order valence-electron chi connectivity index (χ2n) is 7.58. The zero-order chi connectivity index (χ0) is 23.1. The lowest BCUT2D eigenvalue weighted by Crippen LogP contribution is -2.20. The highest BCUT2D eigenvalue weighted by molar-refractivity contribution is 5.94. The molecule has 33 heavy (non-hydrogen) atoms. The molecule has 12 heteroatoms. The number of nitrogens with one attached hydrogen (secondary N) is 4. The van der Waals surface area contributed by atoms with Crippen LogP contribution in [0.1, 0.15) is 28.9 Å². The van der Waals surface area contributed by atoms with Gasteiger partial charge >= 0.3 is 5.69 Å². The molecule has 5 rings (SSSR count). The Morgan fingerprint density at radius 1 is 1.33 bits per heavy atom. The third-order valence-corrected chi connectivity index (χ3v) is 5.10. The molecule has 168 valence electrons. The molecule has 0 radical (unpaired) electrons. The zero-order valence-corrected chi connectivity index (χ0v) is 17.4. The molecule has 1 fully saturated rings. The number of hydrogen-bond donors (Lipinski definition) is 5. The highest BCUT2D eigenvalue weighted by atomic mass is 19.1. The van der Waals surface area contributed by atoms with E-state index in [9.17, 15) is 19.1 Å². The zero-order valence-electron chi connectivity index (χ0n) is 17.4. The summed E-state index contributed by atoms with van der Waals surface area (Å²) in [5.41, 5.74) is 0.871. The Balaban J connectivity index is 1.62. The molecule has 1 aromatic carbocycles. The second-order valence-corrected chi connectivity index (χ2v) is 7.58. The number of aromatic hydroxyl groups is 1. The van der Waals surface area contributed by atoms with Crippen LogP contribution in [0.4, 0.5) is 15.9 Å². The molecule has 3 aromatic heterocycles. The Hall–Kier alpha value is -4.48. The van der Waals surface area contributed by atoms with E-state index in [1.807, 2.05) is 0 Å². The van der Waals surface area contributed by atoms with Crippen LogP contribution in [0, 0.1) is 5.82 Å². The molecule has 0 atom stereocenters. The van der Waals surface area contributed by atoms with Crippen LogP contribution in [0.15, 0.2) is 40.2 Å². The minimum absolute atomic E-state index is 0.134. The highest BCUT2D eigenvalue weighted by Crippen LogP contribution is 2.23. The minimum atomic E-state index is -0.617. The largest absolute Gasteiger partial charge is 0.493 e. The first-order valence-corrected chi connectivity index (χ1v) is 10.2. The van der Waals surface area contributed by atoms with E-state index in [0.29, 0.717) is 22.2 Å². The average molecular weight is 450 g/mol. The highest BCUT2D eigenvalue weighted by Gasteiger charge is 2.20. The van der Waals surface area contributed by atoms with Crippen molar-refractivity contribution in [3.8, 4) is 5.88 Å². The lowest BCUT2D eigenvalue weighted by Gasteiger charge is -2.09. The molecular formula is C21H19FN8O3. The summed E-state index contributed by atoms with van der Waals surface area (Å²) >= 11 is 0. The summed E-state index contributed by atoms with van der Waals surface area (Å²) < 4.78 is 16.2. The van der Waals surface area contributed by atoms with Crippen molar-refractivity contribution in [1.29, 1.82) is 0 Å². The molecular weight excluding hydrogens is 431 g/mol. The molecule has 5 N–H and O–H groups in total. The molecule has 3 heterocycles. The smallest absolute Gasteiger partial charge is 0.326 e. The summed E-state index contributed by atoms with van der Waals surface area (Å²) in [4.78, 5) is 37.1. The van der Waals surface area contributed by atoms with Gasteiger partial charge in [-0.15, -0.1) is 0 Å². The third kappa shape index (κ3) is 4.05. The molecule has 0 spiro atoms. The van der Waals surface area contributed by atoms with Gasteiger partial charge in [0.05, 0.1) is 17.9 Å². The van der Waals surface area contributed by atoms with Gasteiger partial charge in [-0.1, -0.05) is 0 Å². The van der Waals surface area contributed by atoms with E-state index >= 15 is 0 Å². The number of imidazole rings is 1. The van der Waals surface area contributed by atoms with Gasteiger partial charge in [0.1, 0.15) is 17.3 Å². The van der Waals surface area contributed by atoms with Crippen molar-refractivity contribution in [3.05, 3.63) is 68.7 Å². The molecule has 1 aliphatic carbocycles. The van der Waals surface area contributed by atoms with Crippen LogP contribution in [-0.2, 0) is 0 Å². The summed E-state index contributed by atoms with van der Waals surface area (Å²) in [5.74, 6) is -1.00. The first-order chi connectivity index (χ1) is 15.9. The van der Waals surface area contributed by atoms with E-state index in [2.05, 4.69) is 35.7 Å². The number of nitrogens with zero attached hydrogens (tertiary/aromatic N) is 4. The van der Waals surface area contributed by atoms with Crippen LogP contribution in [0.2, 0.25) is 0 Å². The number of aromatic amines is 2. The molecule has 0 aliphatic heterocycles. The minimum Gasteiger partial charge on any atom is -0.493 e. The fourth-order valence-electron chi connectivity index (χ4n) is 3.30. The fraction of sp³-hybridized carbons (Fsp3) is 0.190. The summed E-state index contributed by atoms with van der Waals surface area (Å²) in [6.07, 6.45) is 5.00. The Kier molecular flexibility index (Phi) is 4.89. The number of carbonyl (C=O) groups is 1. The standard InChI is InChI=1S/C21H19FN8O3/c1-23-19(31)10-2-5-14(13(22)6-10)26-16-8-17(25-12-3-4-12)30-18(28-16)11(9-24-30)7-15-20(32)29-21(33)27-15/h2,5-9,12,26,32H,3-4H2,1H3,(H,23,31)(H2,27,29,33)/b11-7+,25-17?. The Bertz CT molecular complexity index is 1560. The van der Waals surface area contributed by atoms with Crippen molar-refractivity contribution < 1.29 is 14.3 Å². The van der Waals surface area contributed by atoms with Crippen LogP contribution in [0.5, 0.6) is 5.88 Å². The number of hydrogen-bond acceptors (Lipinski definition) is 7. The molecule has 1 saturated carbocycles. The number of fused-ring (bicyclic) bond motifs is 1. The van der Waals surface area contributed by atoms with E-state index in [1.165, 1.54) is 31.5 Å². The van der Waals surface area contributed by atoms with E-state index in [0.717, 1.165) is 18.9 Å². The number of anilines is 2. The van der Waals surface area contributed by atoms with E-state index in [1.54, 1.807) is 10.6 Å². The molecule has 11 nitrogen and oxygen atoms in total. The summed E-state index contributed by atoms with van der Waals surface area (Å²) in [6, 6.07) is 5.94. The van der Waals surface area contributed by atoms with Crippen molar-refractivity contribution >= 4 is 29.1 Å². The van der Waals surface area contributed by atoms with Crippen molar-refractivity contribution in [2.45, 2.75) is 18.9 Å². The number of benzene rings is 1. The van der Waals surface area contributed by atoms with Gasteiger partial charge in [0.25, 0.3) is 5.91 Å². The van der Waals surface area contributed by atoms with Gasteiger partial charge in [0.2, 0.25) is 5.88 Å². The quantitative estimate of drug-likeness (QED) is 0.295. The first kappa shape index (κ1) is 20.4. The average Bonchev–Trinajstić information content (AvgIpc) is 3.43. The molecule has 1 aliphatic rings. The van der Waals surface area contributed by atoms with Gasteiger partial charge in [-0.3, -0.25) is 14.8 Å². The van der Waals surface area contributed by atoms with Crippen LogP contribution in [-0.4, -0.2) is 48.7 Å². The van der Waals surface area contributed by atoms with Crippen LogP contribution < -0.4 is 27.0 Å². The Labute approximate surface area is 184 Å². The van der Waals surface area contributed by atoms with Crippen LogP contribution in [0.25, 0.3) is 11.7 Å². The van der Waals surface area contributed by atoms with E-state index < -0.39 is 17.4 Å². The van der Waals surface area contributed by atoms with Gasteiger partial charge in [-0.25, -0.2) is 14.2 Å². The van der Waals surface area contributed by atoms with Crippen molar-refractivity contribution in [3.63, 3.8) is 0 Å². The maximum atomic E-state index is 14.6. The maximum Gasteiger partial charge on any atom is 0.326 e. The number of aromatic nitrogens is 5. The molecule has 0 bridgehead atoms. The van der Waals surface area contributed by atoms with Crippen molar-refractivity contribution in [2.24, 2.45) is 4.99 Å². The lowest BCUT2D eigenvalue weighted by molar-refractivity contribution is 0.0962. The summed E-state index contributed by atoms with van der Waals surface area (Å²) in [7, 11) is 1.47.